The Balaban J connectivity index is 1.77. The van der Waals surface area contributed by atoms with Crippen molar-refractivity contribution in [2.75, 3.05) is 7.05 Å². The van der Waals surface area contributed by atoms with Crippen LogP contribution in [0, 0.1) is 17.1 Å². The van der Waals surface area contributed by atoms with Crippen LogP contribution in [-0.4, -0.2) is 37.5 Å². The van der Waals surface area contributed by atoms with Gasteiger partial charge in [-0.25, -0.2) is 17.6 Å². The molecule has 0 saturated carbocycles. The first-order valence-corrected chi connectivity index (χ1v) is 11.1. The van der Waals surface area contributed by atoms with Crippen LogP contribution >= 0.6 is 0 Å². The van der Waals surface area contributed by atoms with Gasteiger partial charge < -0.3 is 10.1 Å². The fourth-order valence-corrected chi connectivity index (χ4v) is 4.66. The minimum absolute atomic E-state index is 0.0188. The highest BCUT2D eigenvalue weighted by Gasteiger charge is 2.31. The normalized spacial score (nSPS) is 16.3. The smallest absolute Gasteiger partial charge is 0.408 e. The van der Waals surface area contributed by atoms with E-state index in [0.717, 1.165) is 0 Å². The van der Waals surface area contributed by atoms with Gasteiger partial charge in [-0.05, 0) is 61.2 Å². The number of nitrogens with one attached hydrogen (secondary N) is 1. The van der Waals surface area contributed by atoms with Gasteiger partial charge >= 0.3 is 6.09 Å². The van der Waals surface area contributed by atoms with Crippen LogP contribution in [-0.2, 0) is 27.7 Å². The summed E-state index contributed by atoms with van der Waals surface area (Å²) in [6.45, 7) is 5.39. The Morgan fingerprint density at radius 1 is 1.26 bits per heavy atom. The summed E-state index contributed by atoms with van der Waals surface area (Å²) < 4.78 is 45.6. The van der Waals surface area contributed by atoms with Crippen molar-refractivity contribution in [1.82, 2.24) is 9.62 Å². The summed E-state index contributed by atoms with van der Waals surface area (Å²) in [5.74, 6) is -0.519. The molecule has 1 N–H and O–H groups in total. The van der Waals surface area contributed by atoms with Gasteiger partial charge in [-0.3, -0.25) is 0 Å². The highest BCUT2D eigenvalue weighted by molar-refractivity contribution is 7.89. The van der Waals surface area contributed by atoms with Gasteiger partial charge in [0.15, 0.2) is 0 Å². The molecule has 0 fully saturated rings. The molecule has 0 radical (unpaired) electrons. The van der Waals surface area contributed by atoms with Crippen LogP contribution in [0.25, 0.3) is 11.1 Å². The summed E-state index contributed by atoms with van der Waals surface area (Å²) in [7, 11) is -1.94. The molecule has 164 valence electrons. The third-order valence-electron chi connectivity index (χ3n) is 4.80. The maximum atomic E-state index is 14.7. The van der Waals surface area contributed by atoms with E-state index in [4.69, 9.17) is 4.74 Å². The molecule has 2 aromatic rings. The maximum Gasteiger partial charge on any atom is 0.408 e. The second-order valence-electron chi connectivity index (χ2n) is 8.42. The van der Waals surface area contributed by atoms with E-state index in [1.807, 2.05) is 6.07 Å². The van der Waals surface area contributed by atoms with E-state index in [1.165, 1.54) is 23.5 Å². The number of hydrogen-bond acceptors (Lipinski definition) is 5. The third-order valence-corrected chi connectivity index (χ3v) is 6.70. The number of sulfonamides is 1. The number of fused-ring (bicyclic) bond motifs is 1. The van der Waals surface area contributed by atoms with Crippen LogP contribution in [0.2, 0.25) is 0 Å². The van der Waals surface area contributed by atoms with E-state index in [9.17, 15) is 22.9 Å². The Morgan fingerprint density at radius 3 is 2.52 bits per heavy atom. The van der Waals surface area contributed by atoms with Crippen molar-refractivity contribution in [1.29, 1.82) is 5.26 Å². The number of amides is 1. The Kier molecular flexibility index (Phi) is 6.07. The summed E-state index contributed by atoms with van der Waals surface area (Å²) in [6, 6.07) is 10.5. The number of carbonyl (C=O) groups is 1. The molecule has 2 aromatic carbocycles. The zero-order valence-corrected chi connectivity index (χ0v) is 18.6. The lowest BCUT2D eigenvalue weighted by Crippen LogP contribution is -2.39. The third kappa shape index (κ3) is 5.03. The van der Waals surface area contributed by atoms with Gasteiger partial charge in [0.25, 0.3) is 0 Å². The van der Waals surface area contributed by atoms with Crippen LogP contribution in [0.5, 0.6) is 0 Å². The van der Waals surface area contributed by atoms with Crippen molar-refractivity contribution >= 4 is 16.1 Å². The second kappa shape index (κ2) is 8.29. The molecule has 31 heavy (non-hydrogen) atoms. The molecular weight excluding hydrogens is 421 g/mol. The number of halogens is 1. The lowest BCUT2D eigenvalue weighted by molar-refractivity contribution is 0.0515. The molecule has 0 saturated heterocycles. The number of carbonyl (C=O) groups excluding carboxylic acids is 1. The summed E-state index contributed by atoms with van der Waals surface area (Å²) in [5, 5.41) is 11.8. The van der Waals surface area contributed by atoms with Gasteiger partial charge in [-0.15, -0.1) is 0 Å². The topological polar surface area (TPSA) is 99.5 Å². The van der Waals surface area contributed by atoms with Crippen molar-refractivity contribution in [2.24, 2.45) is 0 Å². The minimum Gasteiger partial charge on any atom is -0.444 e. The molecular formula is C22H24FN3O4S. The molecule has 3 rings (SSSR count). The molecule has 0 bridgehead atoms. The zero-order valence-electron chi connectivity index (χ0n) is 17.8. The number of nitriles is 1. The molecule has 9 heteroatoms. The maximum absolute atomic E-state index is 14.7. The van der Waals surface area contributed by atoms with E-state index in [0.29, 0.717) is 16.7 Å². The fraction of sp³-hybridized carbons (Fsp3) is 0.364. The quantitative estimate of drug-likeness (QED) is 0.775. The summed E-state index contributed by atoms with van der Waals surface area (Å²) in [5.41, 5.74) is 1.51. The lowest BCUT2D eigenvalue weighted by atomic mass is 9.99. The molecule has 1 aliphatic heterocycles. The Morgan fingerprint density at radius 2 is 1.90 bits per heavy atom. The van der Waals surface area contributed by atoms with Crippen molar-refractivity contribution < 1.29 is 22.3 Å². The monoisotopic (exact) mass is 445 g/mol. The molecule has 1 unspecified atom stereocenters. The second-order valence-corrected chi connectivity index (χ2v) is 10.4. The van der Waals surface area contributed by atoms with Crippen LogP contribution in [0.4, 0.5) is 9.18 Å². The van der Waals surface area contributed by atoms with Crippen LogP contribution in [0.15, 0.2) is 41.3 Å². The molecule has 0 spiro atoms. The van der Waals surface area contributed by atoms with Crippen molar-refractivity contribution in [3.8, 4) is 17.2 Å². The number of hydrogen-bond donors (Lipinski definition) is 1. The Labute approximate surface area is 181 Å². The van der Waals surface area contributed by atoms with Gasteiger partial charge in [0.05, 0.1) is 11.0 Å². The van der Waals surface area contributed by atoms with Crippen molar-refractivity contribution in [3.05, 3.63) is 53.3 Å². The van der Waals surface area contributed by atoms with Gasteiger partial charge in [-0.2, -0.15) is 9.57 Å². The number of benzene rings is 2. The molecule has 0 aliphatic carbocycles. The molecule has 1 atom stereocenters. The predicted molar refractivity (Wildman–Crippen MR) is 113 cm³/mol. The molecule has 7 nitrogen and oxygen atoms in total. The first-order valence-electron chi connectivity index (χ1n) is 9.68. The van der Waals surface area contributed by atoms with E-state index in [-0.39, 0.29) is 23.4 Å². The van der Waals surface area contributed by atoms with Crippen LogP contribution < -0.4 is 5.32 Å². The van der Waals surface area contributed by atoms with Gasteiger partial charge in [0.2, 0.25) is 10.0 Å². The van der Waals surface area contributed by atoms with Gasteiger partial charge in [0, 0.05) is 20.0 Å². The highest BCUT2D eigenvalue weighted by Crippen LogP contribution is 2.33. The Hall–Kier alpha value is -2.96. The predicted octanol–water partition coefficient (Wildman–Crippen LogP) is 3.59. The summed E-state index contributed by atoms with van der Waals surface area (Å²) in [4.78, 5) is 12.1. The number of rotatable bonds is 4. The number of alkyl carbamates (subject to hydrolysis) is 1. The largest absolute Gasteiger partial charge is 0.444 e. The van der Waals surface area contributed by atoms with Crippen molar-refractivity contribution in [3.63, 3.8) is 0 Å². The molecule has 1 amide bonds. The standard InChI is InChI=1S/C22H24FN3O4S/c1-22(2,3)30-21(27)25-18(12-24)10-16-6-5-15(11-19(16)23)14-7-8-20-17(9-14)13-26(4)31(20,28)29/h5-9,11,18H,10,13H2,1-4H3,(H,25,27). The number of ether oxygens (including phenoxy) is 1. The van der Waals surface area contributed by atoms with E-state index in [2.05, 4.69) is 5.32 Å². The molecule has 0 aromatic heterocycles. The summed E-state index contributed by atoms with van der Waals surface area (Å²) >= 11 is 0. The van der Waals surface area contributed by atoms with E-state index in [1.54, 1.807) is 45.0 Å². The van der Waals surface area contributed by atoms with Crippen LogP contribution in [0.1, 0.15) is 31.9 Å². The average Bonchev–Trinajstić information content (AvgIpc) is 2.89. The average molecular weight is 446 g/mol. The highest BCUT2D eigenvalue weighted by atomic mass is 32.2. The van der Waals surface area contributed by atoms with E-state index < -0.39 is 33.6 Å². The number of nitrogens with zero attached hydrogens (tertiary/aromatic N) is 2. The summed E-state index contributed by atoms with van der Waals surface area (Å²) in [6.07, 6.45) is -0.760. The van der Waals surface area contributed by atoms with Crippen LogP contribution in [0.3, 0.4) is 0 Å². The fourth-order valence-electron chi connectivity index (χ4n) is 3.32. The van der Waals surface area contributed by atoms with E-state index >= 15 is 0 Å². The van der Waals surface area contributed by atoms with Crippen molar-refractivity contribution in [2.45, 2.75) is 50.3 Å². The first kappa shape index (κ1) is 22.7. The minimum atomic E-state index is -3.45. The lowest BCUT2D eigenvalue weighted by Gasteiger charge is -2.21. The SMILES string of the molecule is CN1Cc2cc(-c3ccc(CC(C#N)NC(=O)OC(C)(C)C)c(F)c3)ccc2S1(=O)=O. The molecule has 1 heterocycles. The zero-order chi connectivity index (χ0) is 23.0. The van der Waals surface area contributed by atoms with Gasteiger partial charge in [0.1, 0.15) is 17.5 Å². The Bertz CT molecular complexity index is 1170. The molecule has 1 aliphatic rings. The first-order chi connectivity index (χ1) is 14.4. The van der Waals surface area contributed by atoms with Gasteiger partial charge in [-0.1, -0.05) is 18.2 Å².